The fourth-order valence-corrected chi connectivity index (χ4v) is 2.01. The van der Waals surface area contributed by atoms with Crippen molar-refractivity contribution in [3.8, 4) is 0 Å². The third-order valence-corrected chi connectivity index (χ3v) is 3.71. The minimum absolute atomic E-state index is 0.0531. The zero-order valence-electron chi connectivity index (χ0n) is 13.1. The van der Waals surface area contributed by atoms with Crippen LogP contribution in [0.5, 0.6) is 0 Å². The van der Waals surface area contributed by atoms with E-state index >= 15 is 0 Å². The molecule has 0 aromatic carbocycles. The van der Waals surface area contributed by atoms with Crippen molar-refractivity contribution in [1.82, 2.24) is 15.1 Å². The number of amides is 1. The molecule has 1 atom stereocenters. The highest BCUT2D eigenvalue weighted by Gasteiger charge is 2.25. The van der Waals surface area contributed by atoms with Crippen molar-refractivity contribution in [2.75, 3.05) is 13.1 Å². The fourth-order valence-electron chi connectivity index (χ4n) is 2.01. The maximum Gasteiger partial charge on any atom is 0.311 e. The van der Waals surface area contributed by atoms with E-state index in [4.69, 9.17) is 4.42 Å². The minimum Gasteiger partial charge on any atom is -0.417 e. The van der Waals surface area contributed by atoms with Gasteiger partial charge < -0.3 is 9.32 Å². The lowest BCUT2D eigenvalue weighted by atomic mass is 10.1. The van der Waals surface area contributed by atoms with Gasteiger partial charge in [-0.1, -0.05) is 13.8 Å². The third kappa shape index (κ3) is 3.77. The van der Waals surface area contributed by atoms with Gasteiger partial charge >= 0.3 is 11.8 Å². The van der Waals surface area contributed by atoms with Crippen LogP contribution in [0.15, 0.2) is 20.7 Å². The maximum absolute atomic E-state index is 12.3. The molecule has 0 fully saturated rings. The van der Waals surface area contributed by atoms with Crippen LogP contribution in [0.4, 0.5) is 0 Å². The summed E-state index contributed by atoms with van der Waals surface area (Å²) in [5.41, 5.74) is 2.20. The third-order valence-electron chi connectivity index (χ3n) is 3.71. The van der Waals surface area contributed by atoms with Crippen molar-refractivity contribution in [1.29, 1.82) is 0 Å². The molecule has 0 N–H and O–H groups in total. The van der Waals surface area contributed by atoms with Crippen molar-refractivity contribution in [2.45, 2.75) is 40.5 Å². The van der Waals surface area contributed by atoms with E-state index in [9.17, 15) is 4.79 Å². The first-order valence-electron chi connectivity index (χ1n) is 7.33. The molecule has 0 saturated heterocycles. The first-order chi connectivity index (χ1) is 10.0. The summed E-state index contributed by atoms with van der Waals surface area (Å²) in [5, 5.41) is 7.49. The van der Waals surface area contributed by atoms with Crippen molar-refractivity contribution in [3.05, 3.63) is 23.1 Å². The molecule has 1 aromatic heterocycles. The van der Waals surface area contributed by atoms with Crippen LogP contribution in [0.3, 0.4) is 0 Å². The highest BCUT2D eigenvalue weighted by atomic mass is 16.4. The summed E-state index contributed by atoms with van der Waals surface area (Å²) in [6.45, 7) is 9.17. The van der Waals surface area contributed by atoms with E-state index in [0.29, 0.717) is 24.9 Å². The van der Waals surface area contributed by atoms with Gasteiger partial charge in [-0.15, -0.1) is 10.2 Å². The van der Waals surface area contributed by atoms with E-state index in [1.54, 1.807) is 11.8 Å². The summed E-state index contributed by atoms with van der Waals surface area (Å²) < 4.78 is 5.21. The smallest absolute Gasteiger partial charge is 0.311 e. The molecule has 0 aliphatic carbocycles. The van der Waals surface area contributed by atoms with Crippen molar-refractivity contribution in [2.24, 2.45) is 10.9 Å². The van der Waals surface area contributed by atoms with Gasteiger partial charge in [-0.25, -0.2) is 0 Å². The first-order valence-corrected chi connectivity index (χ1v) is 7.33. The molecule has 2 heterocycles. The van der Waals surface area contributed by atoms with E-state index in [1.165, 1.54) is 5.57 Å². The predicted octanol–water partition coefficient (Wildman–Crippen LogP) is 2.61. The molecule has 6 heteroatoms. The summed E-state index contributed by atoms with van der Waals surface area (Å²) in [7, 11) is 0. The summed E-state index contributed by atoms with van der Waals surface area (Å²) in [6.07, 6.45) is 3.84. The monoisotopic (exact) mass is 290 g/mol. The summed E-state index contributed by atoms with van der Waals surface area (Å²) in [5.74, 6) is 0.670. The number of hydrogen-bond acceptors (Lipinski definition) is 5. The quantitative estimate of drug-likeness (QED) is 0.799. The number of rotatable bonds is 4. The van der Waals surface area contributed by atoms with Gasteiger partial charge in [0.1, 0.15) is 0 Å². The zero-order chi connectivity index (χ0) is 15.4. The van der Waals surface area contributed by atoms with E-state index < -0.39 is 0 Å². The van der Waals surface area contributed by atoms with E-state index in [2.05, 4.69) is 36.0 Å². The van der Waals surface area contributed by atoms with Crippen LogP contribution < -0.4 is 0 Å². The van der Waals surface area contributed by atoms with Crippen LogP contribution in [0.2, 0.25) is 0 Å². The molecule has 1 aliphatic heterocycles. The first kappa shape index (κ1) is 15.4. The van der Waals surface area contributed by atoms with Crippen molar-refractivity contribution < 1.29 is 9.21 Å². The van der Waals surface area contributed by atoms with Gasteiger partial charge in [0, 0.05) is 19.7 Å². The van der Waals surface area contributed by atoms with Gasteiger partial charge in [-0.05, 0) is 31.3 Å². The van der Waals surface area contributed by atoms with E-state index in [1.807, 2.05) is 6.21 Å². The summed E-state index contributed by atoms with van der Waals surface area (Å²) in [4.78, 5) is 18.6. The SMILES string of the molecule is CCC(C)C=NC1=C(C)CCN(C(=O)c2nnc(C)o2)C1. The molecule has 1 aliphatic rings. The molecule has 114 valence electrons. The highest BCUT2D eigenvalue weighted by molar-refractivity contribution is 5.89. The Morgan fingerprint density at radius 1 is 1.48 bits per heavy atom. The number of aromatic nitrogens is 2. The average Bonchev–Trinajstić information content (AvgIpc) is 2.91. The molecule has 2 rings (SSSR count). The van der Waals surface area contributed by atoms with Crippen LogP contribution in [0, 0.1) is 12.8 Å². The minimum atomic E-state index is -0.223. The van der Waals surface area contributed by atoms with Crippen LogP contribution >= 0.6 is 0 Å². The highest BCUT2D eigenvalue weighted by Crippen LogP contribution is 2.20. The van der Waals surface area contributed by atoms with Crippen LogP contribution in [-0.2, 0) is 0 Å². The maximum atomic E-state index is 12.3. The Morgan fingerprint density at radius 3 is 2.86 bits per heavy atom. The molecule has 0 radical (unpaired) electrons. The second kappa shape index (κ2) is 6.65. The van der Waals surface area contributed by atoms with Crippen LogP contribution in [0.1, 0.15) is 50.2 Å². The van der Waals surface area contributed by atoms with Gasteiger partial charge in [-0.2, -0.15) is 0 Å². The Hall–Kier alpha value is -1.98. The average molecular weight is 290 g/mol. The van der Waals surface area contributed by atoms with E-state index in [-0.39, 0.29) is 11.8 Å². The largest absolute Gasteiger partial charge is 0.417 e. The lowest BCUT2D eigenvalue weighted by Gasteiger charge is -2.27. The summed E-state index contributed by atoms with van der Waals surface area (Å²) >= 11 is 0. The predicted molar refractivity (Wildman–Crippen MR) is 80.2 cm³/mol. The van der Waals surface area contributed by atoms with Crippen molar-refractivity contribution in [3.63, 3.8) is 0 Å². The number of nitrogens with zero attached hydrogens (tertiary/aromatic N) is 4. The van der Waals surface area contributed by atoms with Crippen molar-refractivity contribution >= 4 is 12.1 Å². The molecular formula is C15H22N4O2. The Kier molecular flexibility index (Phi) is 4.88. The Balaban J connectivity index is 2.09. The van der Waals surface area contributed by atoms with E-state index in [0.717, 1.165) is 18.5 Å². The van der Waals surface area contributed by atoms with Gasteiger partial charge in [-0.3, -0.25) is 9.79 Å². The fraction of sp³-hybridized carbons (Fsp3) is 0.600. The molecule has 0 bridgehead atoms. The topological polar surface area (TPSA) is 71.6 Å². The van der Waals surface area contributed by atoms with Gasteiger partial charge in [0.2, 0.25) is 5.89 Å². The number of hydrogen-bond donors (Lipinski definition) is 0. The Bertz CT molecular complexity index is 574. The number of carbonyl (C=O) groups excluding carboxylic acids is 1. The normalized spacial score (nSPS) is 17.6. The second-order valence-corrected chi connectivity index (χ2v) is 5.49. The molecule has 1 aromatic rings. The zero-order valence-corrected chi connectivity index (χ0v) is 13.1. The van der Waals surface area contributed by atoms with Crippen LogP contribution in [0.25, 0.3) is 0 Å². The van der Waals surface area contributed by atoms with Gasteiger partial charge in [0.05, 0.1) is 12.2 Å². The Labute approximate surface area is 124 Å². The standard InChI is InChI=1S/C15H22N4O2/c1-5-10(2)8-16-13-9-19(7-6-11(13)3)15(20)14-18-17-12(4)21-14/h8,10H,5-7,9H2,1-4H3. The number of aliphatic imine (C=N–C) groups is 1. The van der Waals surface area contributed by atoms with Gasteiger partial charge in [0.15, 0.2) is 0 Å². The lowest BCUT2D eigenvalue weighted by Crippen LogP contribution is -2.36. The molecule has 0 saturated carbocycles. The second-order valence-electron chi connectivity index (χ2n) is 5.49. The van der Waals surface area contributed by atoms with Crippen LogP contribution in [-0.4, -0.2) is 40.3 Å². The van der Waals surface area contributed by atoms with Gasteiger partial charge in [0.25, 0.3) is 0 Å². The molecular weight excluding hydrogens is 268 g/mol. The number of carbonyl (C=O) groups is 1. The Morgan fingerprint density at radius 2 is 2.24 bits per heavy atom. The lowest BCUT2D eigenvalue weighted by molar-refractivity contribution is 0.0721. The molecule has 6 nitrogen and oxygen atoms in total. The molecule has 0 spiro atoms. The number of aryl methyl sites for hydroxylation is 1. The molecule has 1 unspecified atom stereocenters. The summed E-state index contributed by atoms with van der Waals surface area (Å²) in [6, 6.07) is 0. The molecule has 1 amide bonds. The molecule has 21 heavy (non-hydrogen) atoms.